The number of halogens is 3. The Kier molecular flexibility index (Phi) is 7.50. The molecule has 21 heavy (non-hydrogen) atoms. The lowest BCUT2D eigenvalue weighted by atomic mass is 10.1. The summed E-state index contributed by atoms with van der Waals surface area (Å²) in [6.07, 6.45) is 1.27. The highest BCUT2D eigenvalue weighted by Gasteiger charge is 2.32. The predicted molar refractivity (Wildman–Crippen MR) is 82.3 cm³/mol. The average Bonchev–Trinajstić information content (AvgIpc) is 2.43. The van der Waals surface area contributed by atoms with Crippen LogP contribution in [0.25, 0.3) is 0 Å². The molecular weight excluding hydrogens is 341 g/mol. The van der Waals surface area contributed by atoms with E-state index in [4.69, 9.17) is 39.5 Å². The van der Waals surface area contributed by atoms with Gasteiger partial charge in [0.1, 0.15) is 12.6 Å². The minimum atomic E-state index is -1.64. The molecule has 0 radical (unpaired) electrons. The van der Waals surface area contributed by atoms with Crippen LogP contribution in [0.5, 0.6) is 0 Å². The van der Waals surface area contributed by atoms with Gasteiger partial charge in [-0.25, -0.2) is 5.43 Å². The zero-order valence-corrected chi connectivity index (χ0v) is 14.3. The van der Waals surface area contributed by atoms with Crippen molar-refractivity contribution < 1.29 is 14.3 Å². The molecule has 1 saturated heterocycles. The zero-order valence-electron chi connectivity index (χ0n) is 12.0. The topological polar surface area (TPSA) is 70.7 Å². The van der Waals surface area contributed by atoms with Crippen LogP contribution >= 0.6 is 34.8 Å². The van der Waals surface area contributed by atoms with Crippen molar-refractivity contribution in [2.24, 2.45) is 0 Å². The van der Waals surface area contributed by atoms with E-state index in [9.17, 15) is 9.59 Å². The van der Waals surface area contributed by atoms with Gasteiger partial charge in [-0.2, -0.15) is 0 Å². The van der Waals surface area contributed by atoms with Gasteiger partial charge < -0.3 is 10.1 Å². The molecule has 0 aromatic heterocycles. The number of ether oxygens (including phenoxy) is 1. The summed E-state index contributed by atoms with van der Waals surface area (Å²) in [5, 5.41) is 4.47. The maximum Gasteiger partial charge on any atom is 0.325 e. The second kappa shape index (κ2) is 8.39. The van der Waals surface area contributed by atoms with E-state index in [0.717, 1.165) is 0 Å². The van der Waals surface area contributed by atoms with Gasteiger partial charge in [0, 0.05) is 6.54 Å². The summed E-state index contributed by atoms with van der Waals surface area (Å²) in [4.78, 5) is 24.1. The predicted octanol–water partition coefficient (Wildman–Crippen LogP) is 1.39. The molecule has 1 amide bonds. The van der Waals surface area contributed by atoms with Gasteiger partial charge in [0.15, 0.2) is 0 Å². The number of hydrogen-bond acceptors (Lipinski definition) is 5. The molecule has 0 aromatic rings. The average molecular weight is 361 g/mol. The molecule has 0 spiro atoms. The van der Waals surface area contributed by atoms with Gasteiger partial charge in [0.05, 0.1) is 6.04 Å². The van der Waals surface area contributed by atoms with Crippen molar-refractivity contribution >= 4 is 46.7 Å². The third kappa shape index (κ3) is 6.57. The normalized spacial score (nSPS) is 21.0. The molecule has 0 bridgehead atoms. The smallest absolute Gasteiger partial charge is 0.325 e. The summed E-state index contributed by atoms with van der Waals surface area (Å²) in [5.74, 6) is -0.648. The van der Waals surface area contributed by atoms with Gasteiger partial charge in [-0.05, 0) is 26.3 Å². The fourth-order valence-corrected chi connectivity index (χ4v) is 2.16. The minimum Gasteiger partial charge on any atom is -0.460 e. The van der Waals surface area contributed by atoms with Crippen molar-refractivity contribution in [1.82, 2.24) is 15.8 Å². The lowest BCUT2D eigenvalue weighted by Crippen LogP contribution is -2.59. The number of carbonyl (C=O) groups excluding carboxylic acids is 2. The Morgan fingerprint density at radius 3 is 2.71 bits per heavy atom. The number of hydrogen-bond donors (Lipinski definition) is 2. The summed E-state index contributed by atoms with van der Waals surface area (Å²) in [6.45, 7) is 4.61. The van der Waals surface area contributed by atoms with Gasteiger partial charge in [0.2, 0.25) is 3.79 Å². The number of amides is 1. The molecule has 0 aromatic carbocycles. The van der Waals surface area contributed by atoms with Crippen LogP contribution in [0.2, 0.25) is 0 Å². The second-order valence-electron chi connectivity index (χ2n) is 4.82. The first kappa shape index (κ1) is 18.8. The highest BCUT2D eigenvalue weighted by molar-refractivity contribution is 6.67. The molecular formula is C12H20Cl3N3O3. The monoisotopic (exact) mass is 359 g/mol. The Morgan fingerprint density at radius 2 is 2.14 bits per heavy atom. The van der Waals surface area contributed by atoms with E-state index < -0.39 is 15.8 Å². The van der Waals surface area contributed by atoms with Crippen molar-refractivity contribution in [2.45, 2.75) is 42.6 Å². The SMILES string of the molecule is CCNC(C)C(=O)N1CCCC(C(=O)OCC(Cl)(Cl)Cl)N1. The third-order valence-electron chi connectivity index (χ3n) is 3.00. The van der Waals surface area contributed by atoms with Crippen LogP contribution in [0.1, 0.15) is 26.7 Å². The summed E-state index contributed by atoms with van der Waals surface area (Å²) >= 11 is 16.6. The quantitative estimate of drug-likeness (QED) is 0.573. The van der Waals surface area contributed by atoms with Crippen LogP contribution in [0, 0.1) is 0 Å². The van der Waals surface area contributed by atoms with E-state index in [1.54, 1.807) is 6.92 Å². The maximum absolute atomic E-state index is 12.2. The van der Waals surface area contributed by atoms with Gasteiger partial charge in [0.25, 0.3) is 5.91 Å². The van der Waals surface area contributed by atoms with E-state index in [-0.39, 0.29) is 18.6 Å². The molecule has 6 nitrogen and oxygen atoms in total. The first-order chi connectivity index (χ1) is 9.74. The Bertz CT molecular complexity index is 376. The van der Waals surface area contributed by atoms with Crippen LogP contribution in [-0.4, -0.2) is 52.5 Å². The van der Waals surface area contributed by atoms with Crippen LogP contribution in [0.3, 0.4) is 0 Å². The van der Waals surface area contributed by atoms with E-state index in [1.807, 2.05) is 6.92 Å². The molecule has 0 saturated carbocycles. The highest BCUT2D eigenvalue weighted by atomic mass is 35.6. The van der Waals surface area contributed by atoms with Crippen LogP contribution < -0.4 is 10.7 Å². The second-order valence-corrected chi connectivity index (χ2v) is 7.33. The zero-order chi connectivity index (χ0) is 16.0. The maximum atomic E-state index is 12.2. The highest BCUT2D eigenvalue weighted by Crippen LogP contribution is 2.26. The summed E-state index contributed by atoms with van der Waals surface area (Å²) in [6, 6.07) is -0.928. The number of rotatable bonds is 5. The standard InChI is InChI=1S/C12H20Cl3N3O3/c1-3-16-8(2)10(19)18-6-4-5-9(17-18)11(20)21-7-12(13,14)15/h8-9,16-17H,3-7H2,1-2H3. The number of carbonyl (C=O) groups is 2. The Hall–Kier alpha value is -0.270. The largest absolute Gasteiger partial charge is 0.460 e. The summed E-state index contributed by atoms with van der Waals surface area (Å²) in [5.41, 5.74) is 2.87. The van der Waals surface area contributed by atoms with Crippen molar-refractivity contribution in [1.29, 1.82) is 0 Å². The van der Waals surface area contributed by atoms with Crippen LogP contribution in [-0.2, 0) is 14.3 Å². The number of nitrogens with zero attached hydrogens (tertiary/aromatic N) is 1. The molecule has 1 aliphatic rings. The number of alkyl halides is 3. The van der Waals surface area contributed by atoms with Gasteiger partial charge in [-0.15, -0.1) is 0 Å². The summed E-state index contributed by atoms with van der Waals surface area (Å²) in [7, 11) is 0. The fourth-order valence-electron chi connectivity index (χ4n) is 2.00. The number of hydrazine groups is 1. The van der Waals surface area contributed by atoms with E-state index in [2.05, 4.69) is 10.7 Å². The van der Waals surface area contributed by atoms with Crippen molar-refractivity contribution in [3.8, 4) is 0 Å². The first-order valence-corrected chi connectivity index (χ1v) is 7.92. The Morgan fingerprint density at radius 1 is 1.48 bits per heavy atom. The molecule has 1 fully saturated rings. The Labute approximate surface area is 139 Å². The molecule has 2 unspecified atom stereocenters. The van der Waals surface area contributed by atoms with E-state index in [0.29, 0.717) is 25.9 Å². The molecule has 122 valence electrons. The van der Waals surface area contributed by atoms with Gasteiger partial charge >= 0.3 is 5.97 Å². The molecule has 9 heteroatoms. The van der Waals surface area contributed by atoms with Crippen molar-refractivity contribution in [3.05, 3.63) is 0 Å². The van der Waals surface area contributed by atoms with Gasteiger partial charge in [-0.3, -0.25) is 14.6 Å². The lowest BCUT2D eigenvalue weighted by Gasteiger charge is -2.34. The Balaban J connectivity index is 2.51. The molecule has 2 N–H and O–H groups in total. The third-order valence-corrected chi connectivity index (χ3v) is 3.32. The summed E-state index contributed by atoms with van der Waals surface area (Å²) < 4.78 is 3.29. The van der Waals surface area contributed by atoms with Gasteiger partial charge in [-0.1, -0.05) is 41.7 Å². The molecule has 0 aliphatic carbocycles. The fraction of sp³-hybridized carbons (Fsp3) is 0.833. The molecule has 2 atom stereocenters. The first-order valence-electron chi connectivity index (χ1n) is 6.79. The minimum absolute atomic E-state index is 0.115. The van der Waals surface area contributed by atoms with Crippen molar-refractivity contribution in [2.75, 3.05) is 19.7 Å². The van der Waals surface area contributed by atoms with Crippen molar-refractivity contribution in [3.63, 3.8) is 0 Å². The van der Waals surface area contributed by atoms with E-state index in [1.165, 1.54) is 5.01 Å². The molecule has 1 rings (SSSR count). The number of esters is 1. The molecule has 1 aliphatic heterocycles. The van der Waals surface area contributed by atoms with Crippen LogP contribution in [0.15, 0.2) is 0 Å². The number of likely N-dealkylation sites (N-methyl/N-ethyl adjacent to an activating group) is 1. The van der Waals surface area contributed by atoms with E-state index >= 15 is 0 Å². The van der Waals surface area contributed by atoms with Crippen LogP contribution in [0.4, 0.5) is 0 Å². The number of nitrogens with one attached hydrogen (secondary N) is 2. The molecule has 1 heterocycles. The lowest BCUT2D eigenvalue weighted by molar-refractivity contribution is -0.152.